The van der Waals surface area contributed by atoms with E-state index >= 15 is 0 Å². The first-order valence-electron chi connectivity index (χ1n) is 4.54. The Morgan fingerprint density at radius 2 is 2.14 bits per heavy atom. The normalized spacial score (nSPS) is 9.57. The van der Waals surface area contributed by atoms with E-state index in [4.69, 9.17) is 6.42 Å². The SMILES string of the molecule is C#CCCc1cc(F)ccc1N(C)C. The van der Waals surface area contributed by atoms with Gasteiger partial charge in [-0.1, -0.05) is 0 Å². The molecule has 0 N–H and O–H groups in total. The summed E-state index contributed by atoms with van der Waals surface area (Å²) < 4.78 is 13.0. The number of hydrogen-bond donors (Lipinski definition) is 0. The summed E-state index contributed by atoms with van der Waals surface area (Å²) in [5.41, 5.74) is 2.00. The molecule has 1 aromatic carbocycles. The highest BCUT2D eigenvalue weighted by atomic mass is 19.1. The van der Waals surface area contributed by atoms with E-state index in [1.165, 1.54) is 6.07 Å². The van der Waals surface area contributed by atoms with E-state index < -0.39 is 0 Å². The molecule has 0 aliphatic carbocycles. The second-order valence-electron chi connectivity index (χ2n) is 3.37. The van der Waals surface area contributed by atoms with E-state index in [-0.39, 0.29) is 5.82 Å². The van der Waals surface area contributed by atoms with Crippen LogP contribution >= 0.6 is 0 Å². The molecule has 0 atom stereocenters. The Balaban J connectivity index is 2.98. The number of hydrogen-bond acceptors (Lipinski definition) is 1. The molecule has 0 aliphatic heterocycles. The fraction of sp³-hybridized carbons (Fsp3) is 0.333. The monoisotopic (exact) mass is 191 g/mol. The Bertz CT molecular complexity index is 350. The van der Waals surface area contributed by atoms with E-state index in [2.05, 4.69) is 5.92 Å². The highest BCUT2D eigenvalue weighted by molar-refractivity contribution is 5.52. The van der Waals surface area contributed by atoms with Gasteiger partial charge in [0.05, 0.1) is 0 Å². The smallest absolute Gasteiger partial charge is 0.123 e. The molecule has 2 heteroatoms. The van der Waals surface area contributed by atoms with Crippen LogP contribution in [0, 0.1) is 18.2 Å². The van der Waals surface area contributed by atoms with Crippen molar-refractivity contribution in [1.29, 1.82) is 0 Å². The summed E-state index contributed by atoms with van der Waals surface area (Å²) in [5, 5.41) is 0. The van der Waals surface area contributed by atoms with Crippen LogP contribution in [0.3, 0.4) is 0 Å². The highest BCUT2D eigenvalue weighted by Gasteiger charge is 2.04. The van der Waals surface area contributed by atoms with Crippen LogP contribution in [-0.2, 0) is 6.42 Å². The minimum Gasteiger partial charge on any atom is -0.377 e. The lowest BCUT2D eigenvalue weighted by atomic mass is 10.1. The van der Waals surface area contributed by atoms with Crippen molar-refractivity contribution < 1.29 is 4.39 Å². The Labute approximate surface area is 84.5 Å². The first-order valence-corrected chi connectivity index (χ1v) is 4.54. The molecule has 0 unspecified atom stereocenters. The summed E-state index contributed by atoms with van der Waals surface area (Å²) in [7, 11) is 3.87. The van der Waals surface area contributed by atoms with Gasteiger partial charge in [0, 0.05) is 26.2 Å². The van der Waals surface area contributed by atoms with Gasteiger partial charge in [0.1, 0.15) is 5.82 Å². The molecule has 0 aliphatic rings. The van der Waals surface area contributed by atoms with Crippen molar-refractivity contribution in [2.24, 2.45) is 0 Å². The number of halogens is 1. The van der Waals surface area contributed by atoms with Crippen molar-refractivity contribution in [3.8, 4) is 12.3 Å². The second kappa shape index (κ2) is 4.66. The molecule has 0 aromatic heterocycles. The molecule has 1 aromatic rings. The van der Waals surface area contributed by atoms with Gasteiger partial charge in [0.25, 0.3) is 0 Å². The first-order chi connectivity index (χ1) is 6.65. The quantitative estimate of drug-likeness (QED) is 0.663. The molecular formula is C12H14FN. The van der Waals surface area contributed by atoms with E-state index in [1.807, 2.05) is 19.0 Å². The van der Waals surface area contributed by atoms with Gasteiger partial charge in [-0.2, -0.15) is 0 Å². The molecule has 74 valence electrons. The zero-order valence-electron chi connectivity index (χ0n) is 8.55. The largest absolute Gasteiger partial charge is 0.377 e. The summed E-state index contributed by atoms with van der Waals surface area (Å²) in [5.74, 6) is 2.35. The Hall–Kier alpha value is -1.49. The third kappa shape index (κ3) is 2.50. The lowest BCUT2D eigenvalue weighted by Gasteiger charge is -2.16. The van der Waals surface area contributed by atoms with E-state index in [0.717, 1.165) is 17.7 Å². The maximum atomic E-state index is 13.0. The molecule has 1 rings (SSSR count). The van der Waals surface area contributed by atoms with Crippen molar-refractivity contribution in [2.45, 2.75) is 12.8 Å². The number of terminal acetylenes is 1. The molecule has 1 nitrogen and oxygen atoms in total. The Morgan fingerprint density at radius 1 is 1.43 bits per heavy atom. The van der Waals surface area contributed by atoms with Gasteiger partial charge < -0.3 is 4.90 Å². The van der Waals surface area contributed by atoms with Crippen LogP contribution in [-0.4, -0.2) is 14.1 Å². The third-order valence-electron chi connectivity index (χ3n) is 2.06. The lowest BCUT2D eigenvalue weighted by molar-refractivity contribution is 0.625. The average Bonchev–Trinajstić information content (AvgIpc) is 2.14. The molecule has 0 amide bonds. The fourth-order valence-electron chi connectivity index (χ4n) is 1.40. The maximum absolute atomic E-state index is 13.0. The average molecular weight is 191 g/mol. The molecule has 0 spiro atoms. The van der Waals surface area contributed by atoms with Gasteiger partial charge in [-0.05, 0) is 30.2 Å². The highest BCUT2D eigenvalue weighted by Crippen LogP contribution is 2.20. The zero-order chi connectivity index (χ0) is 10.6. The van der Waals surface area contributed by atoms with Crippen molar-refractivity contribution in [1.82, 2.24) is 0 Å². The van der Waals surface area contributed by atoms with Crippen molar-refractivity contribution in [3.63, 3.8) is 0 Å². The minimum atomic E-state index is -0.206. The predicted octanol–water partition coefficient (Wildman–Crippen LogP) is 2.46. The van der Waals surface area contributed by atoms with Gasteiger partial charge >= 0.3 is 0 Å². The fourth-order valence-corrected chi connectivity index (χ4v) is 1.40. The minimum absolute atomic E-state index is 0.206. The summed E-state index contributed by atoms with van der Waals surface area (Å²) in [4.78, 5) is 1.96. The molecule has 14 heavy (non-hydrogen) atoms. The lowest BCUT2D eigenvalue weighted by Crippen LogP contribution is -2.11. The van der Waals surface area contributed by atoms with Crippen LogP contribution in [0.25, 0.3) is 0 Å². The van der Waals surface area contributed by atoms with Crippen molar-refractivity contribution in [3.05, 3.63) is 29.6 Å². The van der Waals surface area contributed by atoms with Gasteiger partial charge in [-0.25, -0.2) is 4.39 Å². The van der Waals surface area contributed by atoms with Crippen LogP contribution in [0.2, 0.25) is 0 Å². The molecule has 0 radical (unpaired) electrons. The molecule has 0 fully saturated rings. The maximum Gasteiger partial charge on any atom is 0.123 e. The second-order valence-corrected chi connectivity index (χ2v) is 3.37. The van der Waals surface area contributed by atoms with Crippen LogP contribution in [0.1, 0.15) is 12.0 Å². The van der Waals surface area contributed by atoms with Crippen molar-refractivity contribution in [2.75, 3.05) is 19.0 Å². The van der Waals surface area contributed by atoms with Crippen LogP contribution < -0.4 is 4.90 Å². The van der Waals surface area contributed by atoms with E-state index in [1.54, 1.807) is 12.1 Å². The number of aryl methyl sites for hydroxylation is 1. The Morgan fingerprint density at radius 3 is 2.71 bits per heavy atom. The molecule has 0 bridgehead atoms. The van der Waals surface area contributed by atoms with Crippen LogP contribution in [0.5, 0.6) is 0 Å². The van der Waals surface area contributed by atoms with Gasteiger partial charge in [-0.3, -0.25) is 0 Å². The standard InChI is InChI=1S/C12H14FN/c1-4-5-6-10-9-11(13)7-8-12(10)14(2)3/h1,7-9H,5-6H2,2-3H3. The summed E-state index contributed by atoms with van der Waals surface area (Å²) in [6.45, 7) is 0. The topological polar surface area (TPSA) is 3.24 Å². The summed E-state index contributed by atoms with van der Waals surface area (Å²) >= 11 is 0. The van der Waals surface area contributed by atoms with Gasteiger partial charge in [0.2, 0.25) is 0 Å². The summed E-state index contributed by atoms with van der Waals surface area (Å²) in [6.07, 6.45) is 6.55. The van der Waals surface area contributed by atoms with Crippen LogP contribution in [0.15, 0.2) is 18.2 Å². The Kier molecular flexibility index (Phi) is 3.53. The van der Waals surface area contributed by atoms with E-state index in [9.17, 15) is 4.39 Å². The van der Waals surface area contributed by atoms with E-state index in [0.29, 0.717) is 6.42 Å². The third-order valence-corrected chi connectivity index (χ3v) is 2.06. The number of rotatable bonds is 3. The van der Waals surface area contributed by atoms with Gasteiger partial charge in [-0.15, -0.1) is 12.3 Å². The number of benzene rings is 1. The number of nitrogens with zero attached hydrogens (tertiary/aromatic N) is 1. The molecule has 0 saturated carbocycles. The molecule has 0 saturated heterocycles. The molecular weight excluding hydrogens is 177 g/mol. The summed E-state index contributed by atoms with van der Waals surface area (Å²) in [6, 6.07) is 4.79. The predicted molar refractivity (Wildman–Crippen MR) is 57.9 cm³/mol. The first kappa shape index (κ1) is 10.6. The van der Waals surface area contributed by atoms with Crippen molar-refractivity contribution >= 4 is 5.69 Å². The molecule has 0 heterocycles. The van der Waals surface area contributed by atoms with Crippen LogP contribution in [0.4, 0.5) is 10.1 Å². The number of anilines is 1. The zero-order valence-corrected chi connectivity index (χ0v) is 8.55. The van der Waals surface area contributed by atoms with Gasteiger partial charge in [0.15, 0.2) is 0 Å².